The van der Waals surface area contributed by atoms with E-state index < -0.39 is 11.2 Å². The third kappa shape index (κ3) is 6.81. The van der Waals surface area contributed by atoms with Gasteiger partial charge in [-0.05, 0) is 83.7 Å². The molecule has 49 heavy (non-hydrogen) atoms. The number of imidazole rings is 1. The van der Waals surface area contributed by atoms with Gasteiger partial charge in [0.25, 0.3) is 0 Å². The minimum absolute atomic E-state index is 0.0848. The van der Waals surface area contributed by atoms with E-state index in [9.17, 15) is 5.26 Å². The number of ether oxygens (including phenoxy) is 2. The number of nitrogens with zero attached hydrogens (tertiary/aromatic N) is 3. The minimum Gasteiger partial charge on any atom is -0.494 e. The molecule has 6 rings (SSSR count). The largest absolute Gasteiger partial charge is 0.494 e. The maximum absolute atomic E-state index is 16.2. The number of rotatable bonds is 12. The van der Waals surface area contributed by atoms with E-state index in [4.69, 9.17) is 14.5 Å². The first kappa shape index (κ1) is 33.5. The van der Waals surface area contributed by atoms with Crippen molar-refractivity contribution in [1.82, 2.24) is 9.97 Å². The molecular weight excluding hydrogens is 679 g/mol. The SMILES string of the molecule is CCOc1cc(CN(c2ccc(C#N)cc2)c2nc(Br)c(C(c3ccccc3)(c3ccccc3)c3ccccc3)[nH]2)c(F)c(OC(C)C)c1. The number of hydrogen-bond donors (Lipinski definition) is 1. The Morgan fingerprint density at radius 3 is 1.90 bits per heavy atom. The molecule has 6 nitrogen and oxygen atoms in total. The van der Waals surface area contributed by atoms with Crippen LogP contribution in [-0.2, 0) is 12.0 Å². The predicted molar refractivity (Wildman–Crippen MR) is 195 cm³/mol. The Bertz CT molecular complexity index is 1950. The Morgan fingerprint density at radius 2 is 1.41 bits per heavy atom. The Morgan fingerprint density at radius 1 is 0.857 bits per heavy atom. The lowest BCUT2D eigenvalue weighted by Crippen LogP contribution is -2.32. The fourth-order valence-electron chi connectivity index (χ4n) is 6.22. The smallest absolute Gasteiger partial charge is 0.209 e. The Kier molecular flexibility index (Phi) is 10.1. The van der Waals surface area contributed by atoms with Crippen molar-refractivity contribution in [2.24, 2.45) is 0 Å². The summed E-state index contributed by atoms with van der Waals surface area (Å²) in [5.74, 6) is 0.625. The van der Waals surface area contributed by atoms with Gasteiger partial charge in [0.15, 0.2) is 11.6 Å². The van der Waals surface area contributed by atoms with Crippen molar-refractivity contribution in [3.63, 3.8) is 0 Å². The van der Waals surface area contributed by atoms with Gasteiger partial charge in [0.1, 0.15) is 10.4 Å². The zero-order chi connectivity index (χ0) is 34.4. The summed E-state index contributed by atoms with van der Waals surface area (Å²) in [5, 5.41) is 9.53. The summed E-state index contributed by atoms with van der Waals surface area (Å²) < 4.78 is 28.5. The van der Waals surface area contributed by atoms with Crippen molar-refractivity contribution in [1.29, 1.82) is 5.26 Å². The van der Waals surface area contributed by atoms with Crippen LogP contribution in [0, 0.1) is 17.1 Å². The normalized spacial score (nSPS) is 11.3. The lowest BCUT2D eigenvalue weighted by molar-refractivity contribution is 0.228. The van der Waals surface area contributed by atoms with Gasteiger partial charge < -0.3 is 19.4 Å². The minimum atomic E-state index is -0.803. The van der Waals surface area contributed by atoms with E-state index in [2.05, 4.69) is 63.4 Å². The molecule has 0 aliphatic carbocycles. The molecule has 0 bridgehead atoms. The Balaban J connectivity index is 1.58. The number of H-pyrrole nitrogens is 1. The summed E-state index contributed by atoms with van der Waals surface area (Å²) >= 11 is 3.85. The summed E-state index contributed by atoms with van der Waals surface area (Å²) in [7, 11) is 0. The Hall–Kier alpha value is -5.39. The highest BCUT2D eigenvalue weighted by atomic mass is 79.9. The maximum atomic E-state index is 16.2. The number of anilines is 2. The first-order chi connectivity index (χ1) is 23.8. The summed E-state index contributed by atoms with van der Waals surface area (Å²) in [4.78, 5) is 10.7. The topological polar surface area (TPSA) is 74.2 Å². The highest BCUT2D eigenvalue weighted by molar-refractivity contribution is 9.10. The number of halogens is 2. The molecule has 6 aromatic rings. The number of hydrogen-bond acceptors (Lipinski definition) is 5. The lowest BCUT2D eigenvalue weighted by atomic mass is 9.67. The monoisotopic (exact) mass is 714 g/mol. The van der Waals surface area contributed by atoms with Crippen molar-refractivity contribution in [3.05, 3.63) is 171 Å². The number of benzene rings is 5. The van der Waals surface area contributed by atoms with Gasteiger partial charge in [-0.2, -0.15) is 5.26 Å². The molecule has 0 saturated carbocycles. The molecule has 1 aromatic heterocycles. The zero-order valence-corrected chi connectivity index (χ0v) is 29.1. The first-order valence-corrected chi connectivity index (χ1v) is 17.0. The molecule has 0 radical (unpaired) electrons. The molecule has 0 saturated heterocycles. The molecule has 0 atom stereocenters. The molecule has 1 heterocycles. The van der Waals surface area contributed by atoms with Crippen molar-refractivity contribution in [3.8, 4) is 17.6 Å². The zero-order valence-electron chi connectivity index (χ0n) is 27.5. The van der Waals surface area contributed by atoms with Gasteiger partial charge in [0, 0.05) is 17.3 Å². The third-order valence-corrected chi connectivity index (χ3v) is 8.87. The van der Waals surface area contributed by atoms with Crippen LogP contribution in [0.3, 0.4) is 0 Å². The highest BCUT2D eigenvalue weighted by Gasteiger charge is 2.42. The van der Waals surface area contributed by atoms with E-state index in [1.54, 1.807) is 24.3 Å². The van der Waals surface area contributed by atoms with Gasteiger partial charge in [-0.1, -0.05) is 91.0 Å². The van der Waals surface area contributed by atoms with E-state index in [0.717, 1.165) is 22.4 Å². The second-order valence-electron chi connectivity index (χ2n) is 11.8. The van der Waals surface area contributed by atoms with Crippen LogP contribution in [0.5, 0.6) is 11.5 Å². The van der Waals surface area contributed by atoms with Crippen LogP contribution in [-0.4, -0.2) is 22.7 Å². The summed E-state index contributed by atoms with van der Waals surface area (Å²) in [6.45, 7) is 6.10. The summed E-state index contributed by atoms with van der Waals surface area (Å²) in [6.07, 6.45) is -0.237. The van der Waals surface area contributed by atoms with E-state index in [1.165, 1.54) is 0 Å². The van der Waals surface area contributed by atoms with Crippen LogP contribution >= 0.6 is 15.9 Å². The van der Waals surface area contributed by atoms with E-state index in [1.807, 2.05) is 92.4 Å². The van der Waals surface area contributed by atoms with Crippen molar-refractivity contribution < 1.29 is 13.9 Å². The van der Waals surface area contributed by atoms with Crippen molar-refractivity contribution in [2.75, 3.05) is 11.5 Å². The number of nitrogens with one attached hydrogen (secondary N) is 1. The van der Waals surface area contributed by atoms with Crippen LogP contribution in [0.25, 0.3) is 0 Å². The molecule has 0 unspecified atom stereocenters. The van der Waals surface area contributed by atoms with Crippen LogP contribution in [0.4, 0.5) is 16.0 Å². The van der Waals surface area contributed by atoms with Crippen LogP contribution < -0.4 is 14.4 Å². The van der Waals surface area contributed by atoms with Crippen LogP contribution in [0.15, 0.2) is 132 Å². The van der Waals surface area contributed by atoms with E-state index in [0.29, 0.717) is 39.7 Å². The molecular formula is C41H36BrFN4O2. The molecule has 1 N–H and O–H groups in total. The molecule has 8 heteroatoms. The van der Waals surface area contributed by atoms with Gasteiger partial charge in [-0.25, -0.2) is 9.37 Å². The predicted octanol–water partition coefficient (Wildman–Crippen LogP) is 10.1. The fourth-order valence-corrected chi connectivity index (χ4v) is 6.79. The number of aromatic nitrogens is 2. The van der Waals surface area contributed by atoms with Crippen molar-refractivity contribution >= 4 is 27.6 Å². The number of aromatic amines is 1. The van der Waals surface area contributed by atoms with Crippen molar-refractivity contribution in [2.45, 2.75) is 38.8 Å². The molecule has 0 spiro atoms. The first-order valence-electron chi connectivity index (χ1n) is 16.2. The lowest BCUT2D eigenvalue weighted by Gasteiger charge is -2.35. The van der Waals surface area contributed by atoms with Crippen LogP contribution in [0.1, 0.15) is 54.3 Å². The third-order valence-electron chi connectivity index (χ3n) is 8.30. The van der Waals surface area contributed by atoms with Gasteiger partial charge in [0.2, 0.25) is 5.95 Å². The second kappa shape index (κ2) is 14.8. The Labute approximate surface area is 294 Å². The van der Waals surface area contributed by atoms with E-state index in [-0.39, 0.29) is 18.4 Å². The summed E-state index contributed by atoms with van der Waals surface area (Å²) in [6, 6.07) is 43.6. The molecule has 246 valence electrons. The van der Waals surface area contributed by atoms with Gasteiger partial charge >= 0.3 is 0 Å². The average Bonchev–Trinajstić information content (AvgIpc) is 3.51. The van der Waals surface area contributed by atoms with Gasteiger partial charge in [-0.3, -0.25) is 0 Å². The highest BCUT2D eigenvalue weighted by Crippen LogP contribution is 2.47. The molecule has 5 aromatic carbocycles. The maximum Gasteiger partial charge on any atom is 0.209 e. The molecule has 0 fully saturated rings. The fraction of sp³-hybridized carbons (Fsp3) is 0.171. The van der Waals surface area contributed by atoms with Gasteiger partial charge in [-0.15, -0.1) is 0 Å². The standard InChI is InChI=1S/C41H36BrFN4O2/c1-4-48-35-24-30(37(43)36(25-35)49-28(2)3)27-47(34-22-20-29(26-44)21-23-34)40-45-38(39(42)46-40)41(31-14-8-5-9-15-31,32-16-10-6-11-17-32)33-18-12-7-13-19-33/h5-25,28H,4,27H2,1-3H3,(H,45,46). The van der Waals surface area contributed by atoms with Gasteiger partial charge in [0.05, 0.1) is 42.0 Å². The molecule has 0 aliphatic heterocycles. The second-order valence-corrected chi connectivity index (χ2v) is 12.6. The average molecular weight is 716 g/mol. The van der Waals surface area contributed by atoms with E-state index >= 15 is 4.39 Å². The molecule has 0 amide bonds. The number of nitriles is 1. The summed E-state index contributed by atoms with van der Waals surface area (Å²) in [5.41, 5.74) is 4.71. The van der Waals surface area contributed by atoms with Crippen LogP contribution in [0.2, 0.25) is 0 Å². The quantitative estimate of drug-likeness (QED) is 0.128. The molecule has 0 aliphatic rings.